The highest BCUT2D eigenvalue weighted by Gasteiger charge is 2.42. The van der Waals surface area contributed by atoms with Crippen molar-refractivity contribution in [3.63, 3.8) is 0 Å². The quantitative estimate of drug-likeness (QED) is 0.801. The summed E-state index contributed by atoms with van der Waals surface area (Å²) in [6.45, 7) is 8.53. The summed E-state index contributed by atoms with van der Waals surface area (Å²) in [5.41, 5.74) is -0.444. The Hall–Kier alpha value is -0.610. The monoisotopic (exact) mass is 282 g/mol. The van der Waals surface area contributed by atoms with Gasteiger partial charge < -0.3 is 10.1 Å². The molecule has 0 aliphatic carbocycles. The van der Waals surface area contributed by atoms with Gasteiger partial charge in [0, 0.05) is 6.54 Å². The van der Waals surface area contributed by atoms with Gasteiger partial charge >= 0.3 is 5.97 Å². The summed E-state index contributed by atoms with van der Waals surface area (Å²) >= 11 is 0. The van der Waals surface area contributed by atoms with Crippen LogP contribution in [0.4, 0.5) is 0 Å². The molecule has 2 rings (SSSR count). The second-order valence-corrected chi connectivity index (χ2v) is 6.55. The van der Waals surface area contributed by atoms with Crippen LogP contribution in [-0.4, -0.2) is 49.7 Å². The van der Waals surface area contributed by atoms with Crippen LogP contribution >= 0.6 is 0 Å². The molecule has 4 heteroatoms. The molecule has 2 aliphatic heterocycles. The van der Waals surface area contributed by atoms with E-state index in [1.807, 2.05) is 6.92 Å². The van der Waals surface area contributed by atoms with Crippen molar-refractivity contribution in [1.29, 1.82) is 0 Å². The largest absolute Gasteiger partial charge is 0.468 e. The Labute approximate surface area is 123 Å². The van der Waals surface area contributed by atoms with E-state index in [2.05, 4.69) is 17.1 Å². The van der Waals surface area contributed by atoms with Crippen molar-refractivity contribution in [2.75, 3.05) is 33.3 Å². The minimum absolute atomic E-state index is 0.0778. The number of likely N-dealkylation sites (tertiary alicyclic amines) is 1. The van der Waals surface area contributed by atoms with Crippen LogP contribution < -0.4 is 5.32 Å². The summed E-state index contributed by atoms with van der Waals surface area (Å²) < 4.78 is 5.05. The normalized spacial score (nSPS) is 28.9. The molecule has 2 saturated heterocycles. The SMILES string of the molecule is CCC(C)(C(=O)OC)N1CCCC(C2CCNCC2)C1. The van der Waals surface area contributed by atoms with E-state index in [-0.39, 0.29) is 5.97 Å². The third kappa shape index (κ3) is 3.17. The van der Waals surface area contributed by atoms with E-state index in [4.69, 9.17) is 4.74 Å². The predicted octanol–water partition coefficient (Wildman–Crippen LogP) is 2.04. The van der Waals surface area contributed by atoms with E-state index in [0.717, 1.165) is 44.4 Å². The topological polar surface area (TPSA) is 41.6 Å². The molecule has 4 nitrogen and oxygen atoms in total. The minimum atomic E-state index is -0.444. The number of hydrogen-bond acceptors (Lipinski definition) is 4. The van der Waals surface area contributed by atoms with Gasteiger partial charge in [-0.2, -0.15) is 0 Å². The van der Waals surface area contributed by atoms with Crippen molar-refractivity contribution in [1.82, 2.24) is 10.2 Å². The summed E-state index contributed by atoms with van der Waals surface area (Å²) in [6.07, 6.45) is 5.93. The fourth-order valence-electron chi connectivity index (χ4n) is 3.88. The maximum Gasteiger partial charge on any atom is 0.325 e. The van der Waals surface area contributed by atoms with E-state index >= 15 is 0 Å². The smallest absolute Gasteiger partial charge is 0.325 e. The summed E-state index contributed by atoms with van der Waals surface area (Å²) in [5, 5.41) is 3.45. The summed E-state index contributed by atoms with van der Waals surface area (Å²) in [6, 6.07) is 0. The Bertz CT molecular complexity index is 328. The molecule has 2 atom stereocenters. The number of carbonyl (C=O) groups is 1. The first kappa shape index (κ1) is 15.8. The van der Waals surface area contributed by atoms with Crippen molar-refractivity contribution in [2.24, 2.45) is 11.8 Å². The third-order valence-electron chi connectivity index (χ3n) is 5.52. The van der Waals surface area contributed by atoms with Gasteiger partial charge in [-0.05, 0) is 70.5 Å². The zero-order chi connectivity index (χ0) is 14.6. The average molecular weight is 282 g/mol. The molecule has 2 aliphatic rings. The Kier molecular flexibility index (Phi) is 5.44. The maximum atomic E-state index is 12.2. The Morgan fingerprint density at radius 1 is 1.30 bits per heavy atom. The number of esters is 1. The van der Waals surface area contributed by atoms with Gasteiger partial charge in [-0.3, -0.25) is 9.69 Å². The molecular weight excluding hydrogens is 252 g/mol. The highest BCUT2D eigenvalue weighted by Crippen LogP contribution is 2.34. The van der Waals surface area contributed by atoms with Gasteiger partial charge in [-0.15, -0.1) is 0 Å². The van der Waals surface area contributed by atoms with Gasteiger partial charge in [0.1, 0.15) is 5.54 Å². The fourth-order valence-corrected chi connectivity index (χ4v) is 3.88. The maximum absolute atomic E-state index is 12.2. The van der Waals surface area contributed by atoms with Crippen LogP contribution in [0.3, 0.4) is 0 Å². The molecule has 116 valence electrons. The van der Waals surface area contributed by atoms with Crippen molar-refractivity contribution in [3.8, 4) is 0 Å². The van der Waals surface area contributed by atoms with Crippen LogP contribution in [0.5, 0.6) is 0 Å². The van der Waals surface area contributed by atoms with Crippen molar-refractivity contribution in [2.45, 2.75) is 51.5 Å². The third-order valence-corrected chi connectivity index (χ3v) is 5.52. The van der Waals surface area contributed by atoms with Crippen molar-refractivity contribution >= 4 is 5.97 Å². The van der Waals surface area contributed by atoms with E-state index in [1.54, 1.807) is 0 Å². The molecule has 0 aromatic carbocycles. The standard InChI is InChI=1S/C16H30N2O2/c1-4-16(2,15(19)20-3)18-11-5-6-14(12-18)13-7-9-17-10-8-13/h13-14,17H,4-12H2,1-3H3. The van der Waals surface area contributed by atoms with Gasteiger partial charge in [0.15, 0.2) is 0 Å². The highest BCUT2D eigenvalue weighted by molar-refractivity contribution is 5.80. The number of piperidine rings is 2. The zero-order valence-electron chi connectivity index (χ0n) is 13.3. The van der Waals surface area contributed by atoms with Gasteiger partial charge in [0.2, 0.25) is 0 Å². The molecule has 0 bridgehead atoms. The first-order valence-corrected chi connectivity index (χ1v) is 8.16. The number of nitrogens with one attached hydrogen (secondary N) is 1. The van der Waals surface area contributed by atoms with Gasteiger partial charge in [0.05, 0.1) is 7.11 Å². The average Bonchev–Trinajstić information content (AvgIpc) is 2.54. The molecule has 2 unspecified atom stereocenters. The number of methoxy groups -OCH3 is 1. The minimum Gasteiger partial charge on any atom is -0.468 e. The number of carbonyl (C=O) groups excluding carboxylic acids is 1. The Morgan fingerprint density at radius 3 is 2.60 bits per heavy atom. The second-order valence-electron chi connectivity index (χ2n) is 6.55. The summed E-state index contributed by atoms with van der Waals surface area (Å²) in [7, 11) is 1.50. The lowest BCUT2D eigenvalue weighted by Gasteiger charge is -2.45. The molecule has 0 aromatic heterocycles. The molecule has 0 radical (unpaired) electrons. The van der Waals surface area contributed by atoms with Gasteiger partial charge in [0.25, 0.3) is 0 Å². The Balaban J connectivity index is 2.03. The second kappa shape index (κ2) is 6.90. The summed E-state index contributed by atoms with van der Waals surface area (Å²) in [5.74, 6) is 1.50. The molecular formula is C16H30N2O2. The van der Waals surface area contributed by atoms with Crippen LogP contribution in [0.1, 0.15) is 46.0 Å². The van der Waals surface area contributed by atoms with Gasteiger partial charge in [-0.1, -0.05) is 6.92 Å². The van der Waals surface area contributed by atoms with Crippen LogP contribution in [0.2, 0.25) is 0 Å². The Morgan fingerprint density at radius 2 is 2.00 bits per heavy atom. The van der Waals surface area contributed by atoms with Crippen molar-refractivity contribution in [3.05, 3.63) is 0 Å². The highest BCUT2D eigenvalue weighted by atomic mass is 16.5. The van der Waals surface area contributed by atoms with Crippen molar-refractivity contribution < 1.29 is 9.53 Å². The van der Waals surface area contributed by atoms with Crippen LogP contribution in [0.15, 0.2) is 0 Å². The lowest BCUT2D eigenvalue weighted by atomic mass is 9.78. The van der Waals surface area contributed by atoms with Crippen LogP contribution in [0.25, 0.3) is 0 Å². The predicted molar refractivity (Wildman–Crippen MR) is 80.6 cm³/mol. The molecule has 0 saturated carbocycles. The van der Waals surface area contributed by atoms with Gasteiger partial charge in [-0.25, -0.2) is 0 Å². The van der Waals surface area contributed by atoms with E-state index in [0.29, 0.717) is 0 Å². The molecule has 2 fully saturated rings. The fraction of sp³-hybridized carbons (Fsp3) is 0.938. The van der Waals surface area contributed by atoms with E-state index in [9.17, 15) is 4.79 Å². The number of nitrogens with zero attached hydrogens (tertiary/aromatic N) is 1. The molecule has 0 aromatic rings. The first-order chi connectivity index (χ1) is 9.61. The first-order valence-electron chi connectivity index (χ1n) is 8.16. The molecule has 2 heterocycles. The van der Waals surface area contributed by atoms with E-state index in [1.165, 1.54) is 32.8 Å². The lowest BCUT2D eigenvalue weighted by Crippen LogP contribution is -2.56. The number of hydrogen-bond donors (Lipinski definition) is 1. The molecule has 0 spiro atoms. The van der Waals surface area contributed by atoms with Crippen LogP contribution in [-0.2, 0) is 9.53 Å². The molecule has 1 N–H and O–H groups in total. The number of ether oxygens (including phenoxy) is 1. The van der Waals surface area contributed by atoms with Crippen LogP contribution in [0, 0.1) is 11.8 Å². The van der Waals surface area contributed by atoms with E-state index < -0.39 is 5.54 Å². The number of rotatable bonds is 4. The lowest BCUT2D eigenvalue weighted by molar-refractivity contribution is -0.156. The zero-order valence-corrected chi connectivity index (χ0v) is 13.3. The summed E-state index contributed by atoms with van der Waals surface area (Å²) in [4.78, 5) is 14.6. The molecule has 20 heavy (non-hydrogen) atoms. The molecule has 0 amide bonds.